The number of benzene rings is 1. The molecular formula is C22H36N4O3. The van der Waals surface area contributed by atoms with Crippen molar-refractivity contribution in [3.63, 3.8) is 0 Å². The third-order valence-electron chi connectivity index (χ3n) is 4.88. The van der Waals surface area contributed by atoms with Gasteiger partial charge < -0.3 is 25.8 Å². The monoisotopic (exact) mass is 404 g/mol. The summed E-state index contributed by atoms with van der Waals surface area (Å²) in [4.78, 5) is 16.2. The van der Waals surface area contributed by atoms with E-state index in [1.54, 1.807) is 19.2 Å². The van der Waals surface area contributed by atoms with Crippen molar-refractivity contribution in [1.29, 1.82) is 0 Å². The van der Waals surface area contributed by atoms with E-state index in [2.05, 4.69) is 20.9 Å². The number of phenols is 1. The van der Waals surface area contributed by atoms with Crippen LogP contribution in [0.5, 0.6) is 5.75 Å². The molecule has 29 heavy (non-hydrogen) atoms. The lowest BCUT2D eigenvalue weighted by Gasteiger charge is -2.31. The predicted octanol–water partition coefficient (Wildman–Crippen LogP) is 3.33. The average molecular weight is 405 g/mol. The van der Waals surface area contributed by atoms with Crippen LogP contribution < -0.4 is 16.0 Å². The largest absolute Gasteiger partial charge is 0.508 e. The molecule has 0 heterocycles. The average Bonchev–Trinajstić information content (AvgIpc) is 2.65. The summed E-state index contributed by atoms with van der Waals surface area (Å²) in [6, 6.07) is 7.87. The van der Waals surface area contributed by atoms with E-state index >= 15 is 0 Å². The number of guanidine groups is 1. The first-order valence-corrected chi connectivity index (χ1v) is 10.5. The van der Waals surface area contributed by atoms with Gasteiger partial charge in [0.25, 0.3) is 0 Å². The van der Waals surface area contributed by atoms with Gasteiger partial charge in [-0.15, -0.1) is 0 Å². The highest BCUT2D eigenvalue weighted by molar-refractivity contribution is 5.79. The van der Waals surface area contributed by atoms with Crippen molar-refractivity contribution in [2.75, 3.05) is 13.6 Å². The Balaban J connectivity index is 1.63. The van der Waals surface area contributed by atoms with Crippen LogP contribution >= 0.6 is 0 Å². The number of hydrogen-bond acceptors (Lipinski definition) is 4. The molecule has 1 saturated carbocycles. The number of carbonyl (C=O) groups is 1. The number of ether oxygens (including phenoxy) is 1. The second kappa shape index (κ2) is 10.9. The zero-order valence-electron chi connectivity index (χ0n) is 18.1. The van der Waals surface area contributed by atoms with Crippen molar-refractivity contribution < 1.29 is 14.6 Å². The number of alkyl carbamates (subject to hydrolysis) is 1. The van der Waals surface area contributed by atoms with Crippen LogP contribution in [0.15, 0.2) is 29.3 Å². The Morgan fingerprint density at radius 1 is 1.10 bits per heavy atom. The lowest BCUT2D eigenvalue weighted by molar-refractivity contribution is 0.0490. The van der Waals surface area contributed by atoms with E-state index in [0.717, 1.165) is 51.0 Å². The Morgan fingerprint density at radius 3 is 2.24 bits per heavy atom. The zero-order valence-corrected chi connectivity index (χ0v) is 18.1. The van der Waals surface area contributed by atoms with Crippen molar-refractivity contribution >= 4 is 12.1 Å². The summed E-state index contributed by atoms with van der Waals surface area (Å²) in [5, 5.41) is 19.2. The van der Waals surface area contributed by atoms with Crippen molar-refractivity contribution in [2.24, 2.45) is 4.99 Å². The van der Waals surface area contributed by atoms with E-state index < -0.39 is 5.60 Å². The van der Waals surface area contributed by atoms with E-state index in [1.165, 1.54) is 5.56 Å². The van der Waals surface area contributed by atoms with Crippen molar-refractivity contribution in [2.45, 2.75) is 77.0 Å². The van der Waals surface area contributed by atoms with Gasteiger partial charge in [0.15, 0.2) is 5.96 Å². The van der Waals surface area contributed by atoms with Crippen LogP contribution in [-0.2, 0) is 11.2 Å². The summed E-state index contributed by atoms with van der Waals surface area (Å²) in [7, 11) is 1.78. The first kappa shape index (κ1) is 22.8. The summed E-state index contributed by atoms with van der Waals surface area (Å²) >= 11 is 0. The Morgan fingerprint density at radius 2 is 1.69 bits per heavy atom. The minimum Gasteiger partial charge on any atom is -0.508 e. The molecule has 0 saturated heterocycles. The van der Waals surface area contributed by atoms with Gasteiger partial charge in [0, 0.05) is 25.7 Å². The molecule has 1 aromatic carbocycles. The molecule has 1 aliphatic carbocycles. The minimum absolute atomic E-state index is 0.170. The molecular weight excluding hydrogens is 368 g/mol. The molecule has 1 aromatic rings. The van der Waals surface area contributed by atoms with Gasteiger partial charge in [0.05, 0.1) is 0 Å². The summed E-state index contributed by atoms with van der Waals surface area (Å²) < 4.78 is 5.33. The lowest BCUT2D eigenvalue weighted by atomic mass is 9.91. The summed E-state index contributed by atoms with van der Waals surface area (Å²) in [6.45, 7) is 6.44. The summed E-state index contributed by atoms with van der Waals surface area (Å²) in [5.41, 5.74) is 0.742. The molecule has 7 heteroatoms. The highest BCUT2D eigenvalue weighted by atomic mass is 16.6. The molecule has 0 radical (unpaired) electrons. The fourth-order valence-electron chi connectivity index (χ4n) is 3.41. The van der Waals surface area contributed by atoms with E-state index in [4.69, 9.17) is 4.74 Å². The van der Waals surface area contributed by atoms with Crippen LogP contribution in [0.25, 0.3) is 0 Å². The molecule has 162 valence electrons. The number of aryl methyl sites for hydroxylation is 1. The number of carbonyl (C=O) groups excluding carboxylic acids is 1. The molecule has 1 amide bonds. The molecule has 2 rings (SSSR count). The molecule has 7 nitrogen and oxygen atoms in total. The van der Waals surface area contributed by atoms with Gasteiger partial charge in [0.1, 0.15) is 11.4 Å². The molecule has 1 aliphatic rings. The van der Waals surface area contributed by atoms with Crippen molar-refractivity contribution in [1.82, 2.24) is 16.0 Å². The maximum Gasteiger partial charge on any atom is 0.407 e. The Labute approximate surface area is 174 Å². The van der Waals surface area contributed by atoms with Crippen LogP contribution in [0, 0.1) is 0 Å². The van der Waals surface area contributed by atoms with Gasteiger partial charge >= 0.3 is 6.09 Å². The smallest absolute Gasteiger partial charge is 0.407 e. The maximum atomic E-state index is 11.9. The number of aliphatic imine (C=N–C) groups is 1. The maximum absolute atomic E-state index is 11.9. The SMILES string of the molecule is CN=C(NCCCc1ccc(O)cc1)NC1CCC(NC(=O)OC(C)(C)C)CC1. The zero-order chi connectivity index (χ0) is 21.3. The first-order valence-electron chi connectivity index (χ1n) is 10.5. The molecule has 0 bridgehead atoms. The topological polar surface area (TPSA) is 95.0 Å². The van der Waals surface area contributed by atoms with Crippen molar-refractivity contribution in [3.8, 4) is 5.75 Å². The minimum atomic E-state index is -0.469. The van der Waals surface area contributed by atoms with Gasteiger partial charge in [-0.3, -0.25) is 4.99 Å². The lowest BCUT2D eigenvalue weighted by Crippen LogP contribution is -2.48. The highest BCUT2D eigenvalue weighted by Crippen LogP contribution is 2.19. The molecule has 4 N–H and O–H groups in total. The fraction of sp³-hybridized carbons (Fsp3) is 0.636. The summed E-state index contributed by atoms with van der Waals surface area (Å²) in [5.74, 6) is 1.12. The number of phenolic OH excluding ortho intramolecular Hbond substituents is 1. The van der Waals surface area contributed by atoms with Crippen LogP contribution in [0.1, 0.15) is 58.4 Å². The third-order valence-corrected chi connectivity index (χ3v) is 4.88. The molecule has 1 fully saturated rings. The van der Waals surface area contributed by atoms with E-state index in [1.807, 2.05) is 32.9 Å². The highest BCUT2D eigenvalue weighted by Gasteiger charge is 2.25. The van der Waals surface area contributed by atoms with Crippen LogP contribution in [0.4, 0.5) is 4.79 Å². The van der Waals surface area contributed by atoms with Crippen molar-refractivity contribution in [3.05, 3.63) is 29.8 Å². The second-order valence-corrected chi connectivity index (χ2v) is 8.61. The second-order valence-electron chi connectivity index (χ2n) is 8.61. The van der Waals surface area contributed by atoms with E-state index in [0.29, 0.717) is 11.8 Å². The first-order chi connectivity index (χ1) is 13.7. The number of aromatic hydroxyl groups is 1. The molecule has 0 unspecified atom stereocenters. The standard InChI is InChI=1S/C22H36N4O3/c1-22(2,3)29-21(28)26-18-11-9-17(10-12-18)25-20(23-4)24-15-5-6-16-7-13-19(27)14-8-16/h7-8,13-14,17-18,27H,5-6,9-12,15H2,1-4H3,(H,26,28)(H2,23,24,25). The quantitative estimate of drug-likeness (QED) is 0.331. The van der Waals surface area contributed by atoms with Gasteiger partial charge in [-0.25, -0.2) is 4.79 Å². The third kappa shape index (κ3) is 9.07. The number of amides is 1. The van der Waals surface area contributed by atoms with Gasteiger partial charge in [-0.05, 0) is 77.0 Å². The van der Waals surface area contributed by atoms with E-state index in [-0.39, 0.29) is 12.1 Å². The normalized spacial score (nSPS) is 20.1. The Bertz CT molecular complexity index is 660. The molecule has 0 aromatic heterocycles. The van der Waals surface area contributed by atoms with Crippen LogP contribution in [-0.4, -0.2) is 48.4 Å². The van der Waals surface area contributed by atoms with Gasteiger partial charge in [-0.2, -0.15) is 0 Å². The number of rotatable bonds is 6. The molecule has 0 spiro atoms. The number of nitrogens with zero attached hydrogens (tertiary/aromatic N) is 1. The molecule has 0 aliphatic heterocycles. The van der Waals surface area contributed by atoms with Gasteiger partial charge in [-0.1, -0.05) is 12.1 Å². The Hall–Kier alpha value is -2.44. The van der Waals surface area contributed by atoms with Crippen LogP contribution in [0.3, 0.4) is 0 Å². The van der Waals surface area contributed by atoms with Gasteiger partial charge in [0.2, 0.25) is 0 Å². The summed E-state index contributed by atoms with van der Waals surface area (Å²) in [6.07, 6.45) is 5.41. The Kier molecular flexibility index (Phi) is 8.61. The number of nitrogens with one attached hydrogen (secondary N) is 3. The van der Waals surface area contributed by atoms with Crippen LogP contribution in [0.2, 0.25) is 0 Å². The fourth-order valence-corrected chi connectivity index (χ4v) is 3.41. The predicted molar refractivity (Wildman–Crippen MR) is 116 cm³/mol. The molecule has 0 atom stereocenters. The van der Waals surface area contributed by atoms with E-state index in [9.17, 15) is 9.90 Å². The number of hydrogen-bond donors (Lipinski definition) is 4.